The van der Waals surface area contributed by atoms with Gasteiger partial charge in [-0.05, 0) is 57.6 Å². The molecule has 4 rings (SSSR count). The molecule has 10 nitrogen and oxygen atoms in total. The molecule has 2 aromatic heterocycles. The summed E-state index contributed by atoms with van der Waals surface area (Å²) in [6, 6.07) is -0.0339. The van der Waals surface area contributed by atoms with Crippen molar-refractivity contribution in [3.63, 3.8) is 0 Å². The van der Waals surface area contributed by atoms with Gasteiger partial charge in [-0.3, -0.25) is 4.79 Å². The van der Waals surface area contributed by atoms with E-state index < -0.39 is 0 Å². The van der Waals surface area contributed by atoms with Crippen molar-refractivity contribution in [2.75, 3.05) is 5.73 Å². The van der Waals surface area contributed by atoms with Gasteiger partial charge in [0.2, 0.25) is 0 Å². The second kappa shape index (κ2) is 16.8. The first-order chi connectivity index (χ1) is 21.7. The number of hydrogen-bond acceptors (Lipinski definition) is 9. The van der Waals surface area contributed by atoms with Crippen LogP contribution in [0.5, 0.6) is 11.5 Å². The Kier molecular flexibility index (Phi) is 12.8. The highest BCUT2D eigenvalue weighted by Gasteiger charge is 2.36. The Morgan fingerprint density at radius 1 is 0.956 bits per heavy atom. The molecule has 1 atom stereocenters. The van der Waals surface area contributed by atoms with Gasteiger partial charge < -0.3 is 19.6 Å². The zero-order valence-electron chi connectivity index (χ0n) is 28.3. The van der Waals surface area contributed by atoms with E-state index in [0.29, 0.717) is 18.0 Å². The second-order valence-corrected chi connectivity index (χ2v) is 13.1. The molecule has 1 aromatic carbocycles. The first-order valence-corrected chi connectivity index (χ1v) is 17.2. The molecule has 1 unspecified atom stereocenters. The lowest BCUT2D eigenvalue weighted by molar-refractivity contribution is -0.132. The molecule has 0 spiro atoms. The molecule has 248 valence electrons. The predicted octanol–water partition coefficient (Wildman–Crippen LogP) is 8.46. The third-order valence-electron chi connectivity index (χ3n) is 9.30. The van der Waals surface area contributed by atoms with Crippen LogP contribution in [-0.4, -0.2) is 36.8 Å². The number of nitrogens with zero attached hydrogens (tertiary/aromatic N) is 5. The summed E-state index contributed by atoms with van der Waals surface area (Å²) >= 11 is 0. The molecular weight excluding hydrogens is 568 g/mol. The summed E-state index contributed by atoms with van der Waals surface area (Å²) < 4.78 is 19.7. The SMILES string of the molecule is CCCCCCCCCCCCCCCCC1(C)CCc2c(Cn3nncc3-c3nnc(N)o3)c(OC(C)=O)c(C)c(C)c2O1. The number of ether oxygens (including phenoxy) is 2. The van der Waals surface area contributed by atoms with Gasteiger partial charge in [-0.15, -0.1) is 10.2 Å². The van der Waals surface area contributed by atoms with Crippen LogP contribution in [0.2, 0.25) is 0 Å². The number of carbonyl (C=O) groups excluding carboxylic acids is 1. The standard InChI is InChI=1S/C35H54N6O4/c1-6-7-8-9-10-11-12-13-14-15-16-17-18-19-21-35(5)22-20-28-29(31(43-27(4)42)25(2)26(3)32(28)45-35)24-41-30(23-37-40-41)33-38-39-34(36)44-33/h23H,6-22,24H2,1-5H3,(H2,36,39). The number of nitrogens with two attached hydrogens (primary N) is 1. The highest BCUT2D eigenvalue weighted by molar-refractivity contribution is 5.72. The molecule has 3 heterocycles. The molecule has 45 heavy (non-hydrogen) atoms. The van der Waals surface area contributed by atoms with E-state index in [9.17, 15) is 4.79 Å². The fourth-order valence-corrected chi connectivity index (χ4v) is 6.50. The summed E-state index contributed by atoms with van der Waals surface area (Å²) in [5, 5.41) is 16.1. The number of fused-ring (bicyclic) bond motifs is 1. The molecule has 0 amide bonds. The van der Waals surface area contributed by atoms with Crippen molar-refractivity contribution in [1.82, 2.24) is 25.2 Å². The molecule has 0 aliphatic carbocycles. The van der Waals surface area contributed by atoms with Crippen LogP contribution in [0.1, 0.15) is 146 Å². The Hall–Kier alpha value is -3.43. The smallest absolute Gasteiger partial charge is 0.313 e. The number of rotatable bonds is 19. The summed E-state index contributed by atoms with van der Waals surface area (Å²) in [6.45, 7) is 10.3. The molecule has 0 bridgehead atoms. The monoisotopic (exact) mass is 622 g/mol. The minimum atomic E-state index is -0.374. The van der Waals surface area contributed by atoms with Crippen molar-refractivity contribution < 1.29 is 18.7 Å². The van der Waals surface area contributed by atoms with E-state index in [1.807, 2.05) is 13.8 Å². The van der Waals surface area contributed by atoms with Crippen molar-refractivity contribution in [2.45, 2.75) is 156 Å². The van der Waals surface area contributed by atoms with Crippen LogP contribution < -0.4 is 15.2 Å². The minimum Gasteiger partial charge on any atom is -0.487 e. The van der Waals surface area contributed by atoms with E-state index in [4.69, 9.17) is 19.6 Å². The Morgan fingerprint density at radius 3 is 2.16 bits per heavy atom. The number of nitrogen functional groups attached to an aromatic ring is 1. The normalized spacial score (nSPS) is 16.0. The van der Waals surface area contributed by atoms with E-state index in [1.54, 1.807) is 10.9 Å². The summed E-state index contributed by atoms with van der Waals surface area (Å²) in [7, 11) is 0. The lowest BCUT2D eigenvalue weighted by Crippen LogP contribution is -2.37. The Bertz CT molecular complexity index is 1380. The molecule has 3 aromatic rings. The Morgan fingerprint density at radius 2 is 1.58 bits per heavy atom. The van der Waals surface area contributed by atoms with Crippen molar-refractivity contribution in [3.05, 3.63) is 28.5 Å². The van der Waals surface area contributed by atoms with Crippen LogP contribution in [0.15, 0.2) is 10.6 Å². The number of carbonyl (C=O) groups is 1. The van der Waals surface area contributed by atoms with E-state index >= 15 is 0 Å². The lowest BCUT2D eigenvalue weighted by atomic mass is 9.84. The van der Waals surface area contributed by atoms with Gasteiger partial charge in [0.25, 0.3) is 5.89 Å². The molecule has 0 radical (unpaired) electrons. The summed E-state index contributed by atoms with van der Waals surface area (Å²) in [4.78, 5) is 12.2. The van der Waals surface area contributed by atoms with Gasteiger partial charge in [0.15, 0.2) is 0 Å². The number of anilines is 1. The van der Waals surface area contributed by atoms with Crippen LogP contribution in [0.3, 0.4) is 0 Å². The van der Waals surface area contributed by atoms with E-state index in [0.717, 1.165) is 53.7 Å². The maximum absolute atomic E-state index is 12.2. The lowest BCUT2D eigenvalue weighted by Gasteiger charge is -2.38. The number of aromatic nitrogens is 5. The molecule has 0 saturated carbocycles. The molecular formula is C35H54N6O4. The average molecular weight is 623 g/mol. The fourth-order valence-electron chi connectivity index (χ4n) is 6.50. The van der Waals surface area contributed by atoms with Gasteiger partial charge in [0, 0.05) is 18.1 Å². The molecule has 1 aliphatic rings. The zero-order valence-corrected chi connectivity index (χ0v) is 28.3. The van der Waals surface area contributed by atoms with E-state index in [-0.39, 0.29) is 23.5 Å². The number of hydrogen-bond donors (Lipinski definition) is 1. The van der Waals surface area contributed by atoms with Gasteiger partial charge in [0.05, 0.1) is 12.7 Å². The number of benzene rings is 1. The number of unbranched alkanes of at least 4 members (excludes halogenated alkanes) is 13. The van der Waals surface area contributed by atoms with Crippen LogP contribution in [0.4, 0.5) is 6.01 Å². The summed E-state index contributed by atoms with van der Waals surface area (Å²) in [5.41, 5.74) is 9.71. The Labute approximate surface area is 268 Å². The first-order valence-electron chi connectivity index (χ1n) is 17.2. The maximum Gasteiger partial charge on any atom is 0.313 e. The molecule has 0 saturated heterocycles. The van der Waals surface area contributed by atoms with Gasteiger partial charge in [-0.1, -0.05) is 101 Å². The van der Waals surface area contributed by atoms with Crippen molar-refractivity contribution in [2.24, 2.45) is 0 Å². The Balaban J connectivity index is 1.33. The summed E-state index contributed by atoms with van der Waals surface area (Å²) in [5.74, 6) is 1.29. The van der Waals surface area contributed by atoms with Crippen LogP contribution in [0.25, 0.3) is 11.6 Å². The van der Waals surface area contributed by atoms with Gasteiger partial charge in [0.1, 0.15) is 22.8 Å². The highest BCUT2D eigenvalue weighted by Crippen LogP contribution is 2.46. The second-order valence-electron chi connectivity index (χ2n) is 13.1. The molecule has 1 aliphatic heterocycles. The summed E-state index contributed by atoms with van der Waals surface area (Å²) in [6.07, 6.45) is 23.2. The van der Waals surface area contributed by atoms with Gasteiger partial charge in [-0.25, -0.2) is 4.68 Å². The van der Waals surface area contributed by atoms with Gasteiger partial charge >= 0.3 is 12.0 Å². The topological polar surface area (TPSA) is 131 Å². The maximum atomic E-state index is 12.2. The predicted molar refractivity (Wildman–Crippen MR) is 176 cm³/mol. The zero-order chi connectivity index (χ0) is 32.2. The highest BCUT2D eigenvalue weighted by atomic mass is 16.5. The van der Waals surface area contributed by atoms with Crippen molar-refractivity contribution >= 4 is 12.0 Å². The van der Waals surface area contributed by atoms with Crippen molar-refractivity contribution in [1.29, 1.82) is 0 Å². The molecule has 2 N–H and O–H groups in total. The minimum absolute atomic E-state index is 0.0339. The van der Waals surface area contributed by atoms with Crippen LogP contribution >= 0.6 is 0 Å². The van der Waals surface area contributed by atoms with Crippen LogP contribution in [0, 0.1) is 13.8 Å². The fraction of sp³-hybridized carbons (Fsp3) is 0.686. The van der Waals surface area contributed by atoms with Gasteiger partial charge in [-0.2, -0.15) is 0 Å². The first kappa shape index (κ1) is 34.4. The van der Waals surface area contributed by atoms with E-state index in [2.05, 4.69) is 34.4 Å². The number of esters is 1. The largest absolute Gasteiger partial charge is 0.487 e. The van der Waals surface area contributed by atoms with E-state index in [1.165, 1.54) is 90.4 Å². The molecule has 0 fully saturated rings. The third-order valence-corrected chi connectivity index (χ3v) is 9.30. The average Bonchev–Trinajstić information content (AvgIpc) is 3.66. The third kappa shape index (κ3) is 9.53. The van der Waals surface area contributed by atoms with Crippen LogP contribution in [-0.2, 0) is 17.8 Å². The van der Waals surface area contributed by atoms with Crippen molar-refractivity contribution in [3.8, 4) is 23.1 Å². The molecule has 10 heteroatoms. The quantitative estimate of drug-likeness (QED) is 0.0794.